The fourth-order valence-corrected chi connectivity index (χ4v) is 2.35. The van der Waals surface area contributed by atoms with Crippen LogP contribution in [0.25, 0.3) is 0 Å². The van der Waals surface area contributed by atoms with Gasteiger partial charge in [0.25, 0.3) is 0 Å². The van der Waals surface area contributed by atoms with Gasteiger partial charge in [-0.15, -0.1) is 0 Å². The number of rotatable bonds is 5. The van der Waals surface area contributed by atoms with E-state index in [0.29, 0.717) is 12.5 Å². The van der Waals surface area contributed by atoms with Crippen molar-refractivity contribution in [1.29, 1.82) is 0 Å². The summed E-state index contributed by atoms with van der Waals surface area (Å²) in [7, 11) is 0. The van der Waals surface area contributed by atoms with Gasteiger partial charge >= 0.3 is 0 Å². The van der Waals surface area contributed by atoms with Gasteiger partial charge in [0.2, 0.25) is 5.91 Å². The summed E-state index contributed by atoms with van der Waals surface area (Å²) in [6, 6.07) is 9.41. The summed E-state index contributed by atoms with van der Waals surface area (Å²) < 4.78 is 0. The molecule has 0 bridgehead atoms. The fraction of sp³-hybridized carbons (Fsp3) is 0.500. The van der Waals surface area contributed by atoms with E-state index in [0.717, 1.165) is 24.9 Å². The van der Waals surface area contributed by atoms with E-state index < -0.39 is 0 Å². The molecular formula is C14H20N2O2. The van der Waals surface area contributed by atoms with Crippen LogP contribution in [0.15, 0.2) is 30.3 Å². The van der Waals surface area contributed by atoms with Gasteiger partial charge in [0.1, 0.15) is 0 Å². The van der Waals surface area contributed by atoms with Gasteiger partial charge in [0.15, 0.2) is 0 Å². The van der Waals surface area contributed by atoms with Crippen molar-refractivity contribution in [3.8, 4) is 0 Å². The highest BCUT2D eigenvalue weighted by Crippen LogP contribution is 2.24. The second kappa shape index (κ2) is 6.52. The van der Waals surface area contributed by atoms with Crippen LogP contribution in [-0.4, -0.2) is 30.2 Å². The number of aliphatic hydroxyl groups is 1. The molecule has 98 valence electrons. The van der Waals surface area contributed by atoms with E-state index in [1.165, 1.54) is 0 Å². The van der Waals surface area contributed by atoms with Crippen LogP contribution in [0.3, 0.4) is 0 Å². The third kappa shape index (κ3) is 3.82. The van der Waals surface area contributed by atoms with Gasteiger partial charge in [-0.1, -0.05) is 24.6 Å². The van der Waals surface area contributed by atoms with E-state index in [-0.39, 0.29) is 18.6 Å². The number of anilines is 1. The molecule has 1 amide bonds. The third-order valence-electron chi connectivity index (χ3n) is 3.37. The van der Waals surface area contributed by atoms with Crippen LogP contribution in [0.1, 0.15) is 19.3 Å². The summed E-state index contributed by atoms with van der Waals surface area (Å²) >= 11 is 0. The molecule has 0 aliphatic heterocycles. The molecule has 0 spiro atoms. The molecule has 2 unspecified atom stereocenters. The zero-order chi connectivity index (χ0) is 12.8. The van der Waals surface area contributed by atoms with E-state index in [9.17, 15) is 9.90 Å². The molecule has 1 fully saturated rings. The number of benzene rings is 1. The molecule has 1 aliphatic carbocycles. The highest BCUT2D eigenvalue weighted by Gasteiger charge is 2.24. The molecule has 1 aromatic carbocycles. The molecule has 4 heteroatoms. The van der Waals surface area contributed by atoms with Crippen LogP contribution in [0, 0.1) is 5.92 Å². The predicted molar refractivity (Wildman–Crippen MR) is 71.3 cm³/mol. The minimum absolute atomic E-state index is 0.0475. The predicted octanol–water partition coefficient (Wildman–Crippen LogP) is 1.38. The first kappa shape index (κ1) is 13.1. The second-order valence-electron chi connectivity index (χ2n) is 4.80. The Morgan fingerprint density at radius 1 is 1.28 bits per heavy atom. The smallest absolute Gasteiger partial charge is 0.238 e. The number of aliphatic hydroxyl groups excluding tert-OH is 1. The Labute approximate surface area is 107 Å². The summed E-state index contributed by atoms with van der Waals surface area (Å²) in [6.07, 6.45) is 2.83. The van der Waals surface area contributed by atoms with Crippen LogP contribution >= 0.6 is 0 Å². The first-order valence-electron chi connectivity index (χ1n) is 6.49. The molecule has 1 aromatic rings. The van der Waals surface area contributed by atoms with Gasteiger partial charge in [0, 0.05) is 12.2 Å². The molecule has 0 radical (unpaired) electrons. The molecule has 0 saturated heterocycles. The van der Waals surface area contributed by atoms with Crippen LogP contribution < -0.4 is 10.6 Å². The Hall–Kier alpha value is -1.39. The largest absolute Gasteiger partial charge is 0.393 e. The average Bonchev–Trinajstić information content (AvgIpc) is 2.76. The lowest BCUT2D eigenvalue weighted by Crippen LogP contribution is -2.34. The average molecular weight is 248 g/mol. The first-order valence-corrected chi connectivity index (χ1v) is 6.49. The number of nitrogens with one attached hydrogen (secondary N) is 2. The zero-order valence-electron chi connectivity index (χ0n) is 10.4. The zero-order valence-corrected chi connectivity index (χ0v) is 10.4. The van der Waals surface area contributed by atoms with Crippen LogP contribution in [0.2, 0.25) is 0 Å². The standard InChI is InChI=1S/C14H20N2O2/c17-13-8-4-5-11(13)9-15-10-14(18)16-12-6-2-1-3-7-12/h1-3,6-7,11,13,15,17H,4-5,8-10H2,(H,16,18). The Balaban J connectivity index is 1.66. The van der Waals surface area contributed by atoms with Crippen LogP contribution in [0.5, 0.6) is 0 Å². The molecule has 1 aliphatic rings. The summed E-state index contributed by atoms with van der Waals surface area (Å²) in [6.45, 7) is 1.00. The van der Waals surface area contributed by atoms with Crippen molar-refractivity contribution in [3.63, 3.8) is 0 Å². The van der Waals surface area contributed by atoms with Crippen molar-refractivity contribution in [2.75, 3.05) is 18.4 Å². The molecule has 2 rings (SSSR count). The quantitative estimate of drug-likeness (QED) is 0.737. The van der Waals surface area contributed by atoms with E-state index >= 15 is 0 Å². The molecular weight excluding hydrogens is 228 g/mol. The van der Waals surface area contributed by atoms with E-state index in [1.54, 1.807) is 0 Å². The van der Waals surface area contributed by atoms with Gasteiger partial charge in [0.05, 0.1) is 12.6 Å². The normalized spacial score (nSPS) is 22.9. The van der Waals surface area contributed by atoms with Crippen LogP contribution in [-0.2, 0) is 4.79 Å². The van der Waals surface area contributed by atoms with Gasteiger partial charge in [-0.2, -0.15) is 0 Å². The van der Waals surface area contributed by atoms with Crippen molar-refractivity contribution in [3.05, 3.63) is 30.3 Å². The van der Waals surface area contributed by atoms with E-state index in [1.807, 2.05) is 30.3 Å². The van der Waals surface area contributed by atoms with Crippen molar-refractivity contribution in [1.82, 2.24) is 5.32 Å². The Bertz CT molecular complexity index is 381. The number of hydrogen-bond donors (Lipinski definition) is 3. The SMILES string of the molecule is O=C(CNCC1CCCC1O)Nc1ccccc1. The highest BCUT2D eigenvalue weighted by atomic mass is 16.3. The number of carbonyl (C=O) groups is 1. The topological polar surface area (TPSA) is 61.4 Å². The molecule has 2 atom stereocenters. The van der Waals surface area contributed by atoms with Crippen molar-refractivity contribution in [2.45, 2.75) is 25.4 Å². The molecule has 0 heterocycles. The number of amides is 1. The summed E-state index contributed by atoms with van der Waals surface area (Å²) in [4.78, 5) is 11.6. The summed E-state index contributed by atoms with van der Waals surface area (Å²) in [5.74, 6) is 0.253. The maximum absolute atomic E-state index is 11.6. The lowest BCUT2D eigenvalue weighted by atomic mass is 10.1. The van der Waals surface area contributed by atoms with Crippen molar-refractivity contribution in [2.24, 2.45) is 5.92 Å². The summed E-state index contributed by atoms with van der Waals surface area (Å²) in [5.41, 5.74) is 0.810. The molecule has 3 N–H and O–H groups in total. The third-order valence-corrected chi connectivity index (χ3v) is 3.37. The van der Waals surface area contributed by atoms with E-state index in [2.05, 4.69) is 10.6 Å². The molecule has 0 aromatic heterocycles. The Morgan fingerprint density at radius 2 is 2.06 bits per heavy atom. The number of carbonyl (C=O) groups excluding carboxylic acids is 1. The summed E-state index contributed by atoms with van der Waals surface area (Å²) in [5, 5.41) is 15.6. The molecule has 4 nitrogen and oxygen atoms in total. The van der Waals surface area contributed by atoms with Gasteiger partial charge in [-0.25, -0.2) is 0 Å². The lowest BCUT2D eigenvalue weighted by Gasteiger charge is -2.14. The van der Waals surface area contributed by atoms with Crippen molar-refractivity contribution < 1.29 is 9.90 Å². The van der Waals surface area contributed by atoms with Gasteiger partial charge in [-0.05, 0) is 30.9 Å². The minimum Gasteiger partial charge on any atom is -0.393 e. The van der Waals surface area contributed by atoms with Gasteiger partial charge in [-0.3, -0.25) is 4.79 Å². The molecule has 1 saturated carbocycles. The monoisotopic (exact) mass is 248 g/mol. The van der Waals surface area contributed by atoms with Gasteiger partial charge < -0.3 is 15.7 Å². The Morgan fingerprint density at radius 3 is 2.72 bits per heavy atom. The highest BCUT2D eigenvalue weighted by molar-refractivity contribution is 5.92. The van der Waals surface area contributed by atoms with Crippen molar-refractivity contribution >= 4 is 11.6 Å². The molecule has 18 heavy (non-hydrogen) atoms. The fourth-order valence-electron chi connectivity index (χ4n) is 2.35. The number of hydrogen-bond acceptors (Lipinski definition) is 3. The maximum Gasteiger partial charge on any atom is 0.238 e. The number of para-hydroxylation sites is 1. The Kier molecular flexibility index (Phi) is 4.73. The first-order chi connectivity index (χ1) is 8.75. The maximum atomic E-state index is 11.6. The second-order valence-corrected chi connectivity index (χ2v) is 4.80. The lowest BCUT2D eigenvalue weighted by molar-refractivity contribution is -0.115. The minimum atomic E-state index is -0.199. The van der Waals surface area contributed by atoms with Crippen LogP contribution in [0.4, 0.5) is 5.69 Å². The van der Waals surface area contributed by atoms with E-state index in [4.69, 9.17) is 0 Å².